The summed E-state index contributed by atoms with van der Waals surface area (Å²) in [6.07, 6.45) is 0. The average molecular weight is 350 g/mol. The van der Waals surface area contributed by atoms with Crippen LogP contribution in [0.4, 0.5) is 0 Å². The standard InChI is InChI=1S/C25H22N2/c1-17-12-18(2)14-23(13-17)25-16-24(26-19(3)27-25)22-11-7-10-21(15-22)20-8-5-4-6-9-20/h4-16H,1-3H3. The zero-order chi connectivity index (χ0) is 18.8. The summed E-state index contributed by atoms with van der Waals surface area (Å²) < 4.78 is 0. The van der Waals surface area contributed by atoms with E-state index in [0.29, 0.717) is 0 Å². The first-order chi connectivity index (χ1) is 13.1. The summed E-state index contributed by atoms with van der Waals surface area (Å²) in [6.45, 7) is 6.19. The van der Waals surface area contributed by atoms with Crippen molar-refractivity contribution in [2.75, 3.05) is 0 Å². The van der Waals surface area contributed by atoms with Gasteiger partial charge in [0.25, 0.3) is 0 Å². The molecule has 0 unspecified atom stereocenters. The van der Waals surface area contributed by atoms with E-state index in [0.717, 1.165) is 28.3 Å². The molecule has 0 saturated heterocycles. The zero-order valence-electron chi connectivity index (χ0n) is 15.9. The molecule has 0 aliphatic rings. The van der Waals surface area contributed by atoms with E-state index in [1.165, 1.54) is 22.3 Å². The molecule has 132 valence electrons. The molecule has 0 fully saturated rings. The van der Waals surface area contributed by atoms with Crippen LogP contribution in [0.2, 0.25) is 0 Å². The minimum Gasteiger partial charge on any atom is -0.233 e. The van der Waals surface area contributed by atoms with Crippen LogP contribution in [-0.4, -0.2) is 9.97 Å². The van der Waals surface area contributed by atoms with Crippen molar-refractivity contribution in [1.29, 1.82) is 0 Å². The Labute approximate surface area is 160 Å². The number of aromatic nitrogens is 2. The fraction of sp³-hybridized carbons (Fsp3) is 0.120. The van der Waals surface area contributed by atoms with Crippen LogP contribution in [0.25, 0.3) is 33.6 Å². The molecule has 0 N–H and O–H groups in total. The van der Waals surface area contributed by atoms with Gasteiger partial charge in [-0.1, -0.05) is 65.7 Å². The molecule has 0 spiro atoms. The van der Waals surface area contributed by atoms with Crippen LogP contribution in [0.15, 0.2) is 78.9 Å². The molecule has 2 heteroatoms. The number of hydrogen-bond donors (Lipinski definition) is 0. The van der Waals surface area contributed by atoms with Crippen LogP contribution in [-0.2, 0) is 0 Å². The molecular weight excluding hydrogens is 328 g/mol. The summed E-state index contributed by atoms with van der Waals surface area (Å²) in [5, 5.41) is 0. The first-order valence-electron chi connectivity index (χ1n) is 9.19. The fourth-order valence-electron chi connectivity index (χ4n) is 3.47. The molecule has 1 aromatic heterocycles. The molecule has 0 radical (unpaired) electrons. The van der Waals surface area contributed by atoms with E-state index in [1.807, 2.05) is 13.0 Å². The van der Waals surface area contributed by atoms with Crippen molar-refractivity contribution in [3.05, 3.63) is 95.8 Å². The molecule has 0 aliphatic carbocycles. The highest BCUT2D eigenvalue weighted by Crippen LogP contribution is 2.28. The van der Waals surface area contributed by atoms with Gasteiger partial charge in [-0.15, -0.1) is 0 Å². The lowest BCUT2D eigenvalue weighted by molar-refractivity contribution is 1.06. The van der Waals surface area contributed by atoms with Crippen molar-refractivity contribution < 1.29 is 0 Å². The van der Waals surface area contributed by atoms with Gasteiger partial charge in [0.1, 0.15) is 5.82 Å². The first kappa shape index (κ1) is 17.2. The van der Waals surface area contributed by atoms with Crippen LogP contribution in [0.3, 0.4) is 0 Å². The van der Waals surface area contributed by atoms with Crippen molar-refractivity contribution in [2.24, 2.45) is 0 Å². The van der Waals surface area contributed by atoms with E-state index in [4.69, 9.17) is 4.98 Å². The summed E-state index contributed by atoms with van der Waals surface area (Å²) in [5.74, 6) is 0.784. The van der Waals surface area contributed by atoms with Crippen molar-refractivity contribution in [3.8, 4) is 33.6 Å². The van der Waals surface area contributed by atoms with Crippen LogP contribution in [0.1, 0.15) is 17.0 Å². The van der Waals surface area contributed by atoms with Crippen LogP contribution >= 0.6 is 0 Å². The summed E-state index contributed by atoms with van der Waals surface area (Å²) in [7, 11) is 0. The van der Waals surface area contributed by atoms with Gasteiger partial charge in [-0.25, -0.2) is 9.97 Å². The largest absolute Gasteiger partial charge is 0.233 e. The summed E-state index contributed by atoms with van der Waals surface area (Å²) in [6, 6.07) is 27.6. The summed E-state index contributed by atoms with van der Waals surface area (Å²) >= 11 is 0. The smallest absolute Gasteiger partial charge is 0.126 e. The number of aryl methyl sites for hydroxylation is 3. The molecule has 4 rings (SSSR count). The van der Waals surface area contributed by atoms with Gasteiger partial charge in [0.2, 0.25) is 0 Å². The molecule has 27 heavy (non-hydrogen) atoms. The summed E-state index contributed by atoms with van der Waals surface area (Å²) in [4.78, 5) is 9.38. The van der Waals surface area contributed by atoms with Crippen molar-refractivity contribution in [3.63, 3.8) is 0 Å². The molecule has 3 aromatic carbocycles. The SMILES string of the molecule is Cc1cc(C)cc(-c2cc(-c3cccc(-c4ccccc4)c3)nc(C)n2)c1. The van der Waals surface area contributed by atoms with Crippen LogP contribution < -0.4 is 0 Å². The number of rotatable bonds is 3. The van der Waals surface area contributed by atoms with Gasteiger partial charge in [0.15, 0.2) is 0 Å². The zero-order valence-corrected chi connectivity index (χ0v) is 15.9. The van der Waals surface area contributed by atoms with Gasteiger partial charge in [0.05, 0.1) is 11.4 Å². The van der Waals surface area contributed by atoms with E-state index in [-0.39, 0.29) is 0 Å². The monoisotopic (exact) mass is 350 g/mol. The lowest BCUT2D eigenvalue weighted by Gasteiger charge is -2.10. The highest BCUT2D eigenvalue weighted by atomic mass is 14.9. The van der Waals surface area contributed by atoms with E-state index in [2.05, 4.69) is 91.6 Å². The third-order valence-corrected chi connectivity index (χ3v) is 4.62. The third kappa shape index (κ3) is 3.80. The van der Waals surface area contributed by atoms with Gasteiger partial charge in [-0.3, -0.25) is 0 Å². The number of nitrogens with zero attached hydrogens (tertiary/aromatic N) is 2. The van der Waals surface area contributed by atoms with Gasteiger partial charge in [-0.05, 0) is 56.2 Å². The lowest BCUT2D eigenvalue weighted by atomic mass is 10.00. The first-order valence-corrected chi connectivity index (χ1v) is 9.19. The molecule has 4 aromatic rings. The maximum absolute atomic E-state index is 4.70. The van der Waals surface area contributed by atoms with E-state index in [1.54, 1.807) is 0 Å². The van der Waals surface area contributed by atoms with Crippen LogP contribution in [0, 0.1) is 20.8 Å². The van der Waals surface area contributed by atoms with Gasteiger partial charge >= 0.3 is 0 Å². The number of hydrogen-bond acceptors (Lipinski definition) is 2. The second kappa shape index (κ2) is 7.16. The molecule has 0 saturated carbocycles. The Morgan fingerprint density at radius 1 is 0.481 bits per heavy atom. The van der Waals surface area contributed by atoms with E-state index >= 15 is 0 Å². The maximum Gasteiger partial charge on any atom is 0.126 e. The highest BCUT2D eigenvalue weighted by Gasteiger charge is 2.09. The van der Waals surface area contributed by atoms with Gasteiger partial charge in [-0.2, -0.15) is 0 Å². The topological polar surface area (TPSA) is 25.8 Å². The Morgan fingerprint density at radius 3 is 1.78 bits per heavy atom. The Hall–Kier alpha value is -3.26. The molecule has 0 aliphatic heterocycles. The summed E-state index contributed by atoms with van der Waals surface area (Å²) in [5.41, 5.74) is 9.05. The molecule has 0 bridgehead atoms. The lowest BCUT2D eigenvalue weighted by Crippen LogP contribution is -1.95. The Morgan fingerprint density at radius 2 is 1.07 bits per heavy atom. The second-order valence-corrected chi connectivity index (χ2v) is 7.01. The molecule has 2 nitrogen and oxygen atoms in total. The quantitative estimate of drug-likeness (QED) is 0.427. The maximum atomic E-state index is 4.70. The average Bonchev–Trinajstić information content (AvgIpc) is 2.67. The Bertz CT molecular complexity index is 1080. The van der Waals surface area contributed by atoms with E-state index < -0.39 is 0 Å². The minimum absolute atomic E-state index is 0.784. The molecular formula is C25H22N2. The normalized spacial score (nSPS) is 10.8. The van der Waals surface area contributed by atoms with Crippen molar-refractivity contribution in [2.45, 2.75) is 20.8 Å². The van der Waals surface area contributed by atoms with Crippen molar-refractivity contribution >= 4 is 0 Å². The third-order valence-electron chi connectivity index (χ3n) is 4.62. The molecule has 1 heterocycles. The predicted molar refractivity (Wildman–Crippen MR) is 113 cm³/mol. The molecule has 0 amide bonds. The fourth-order valence-corrected chi connectivity index (χ4v) is 3.47. The number of benzene rings is 3. The second-order valence-electron chi connectivity index (χ2n) is 7.01. The van der Waals surface area contributed by atoms with Crippen LogP contribution in [0.5, 0.6) is 0 Å². The predicted octanol–water partition coefficient (Wildman–Crippen LogP) is 6.40. The highest BCUT2D eigenvalue weighted by molar-refractivity contribution is 5.74. The Balaban J connectivity index is 1.80. The van der Waals surface area contributed by atoms with E-state index in [9.17, 15) is 0 Å². The Kier molecular flexibility index (Phi) is 4.55. The van der Waals surface area contributed by atoms with Gasteiger partial charge in [0, 0.05) is 11.1 Å². The minimum atomic E-state index is 0.784. The van der Waals surface area contributed by atoms with Crippen molar-refractivity contribution in [1.82, 2.24) is 9.97 Å². The van der Waals surface area contributed by atoms with Gasteiger partial charge < -0.3 is 0 Å². The molecule has 0 atom stereocenters.